The first kappa shape index (κ1) is 19.3. The molecule has 1 N–H and O–H groups in total. The van der Waals surface area contributed by atoms with Crippen LogP contribution in [0.2, 0.25) is 0 Å². The number of nitrogens with one attached hydrogen (secondary N) is 1. The minimum Gasteiger partial charge on any atom is -0.340 e. The molecule has 0 saturated carbocycles. The first-order valence-electron chi connectivity index (χ1n) is 7.47. The topological polar surface area (TPSA) is 78.7 Å². The summed E-state index contributed by atoms with van der Waals surface area (Å²) in [6.07, 6.45) is 0.442. The van der Waals surface area contributed by atoms with Gasteiger partial charge in [0, 0.05) is 57.3 Å². The summed E-state index contributed by atoms with van der Waals surface area (Å²) in [6.45, 7) is 4.26. The Hall–Kier alpha value is -1.70. The molecular weight excluding hydrogens is 320 g/mol. The van der Waals surface area contributed by atoms with Crippen LogP contribution in [0, 0.1) is 10.1 Å². The Morgan fingerprint density at radius 2 is 2.00 bits per heavy atom. The molecular formula is C15H23ClN4O3. The normalized spacial score (nSPS) is 14.4. The molecule has 2 rings (SSSR count). The van der Waals surface area contributed by atoms with Crippen molar-refractivity contribution in [1.82, 2.24) is 15.1 Å². The van der Waals surface area contributed by atoms with Gasteiger partial charge >= 0.3 is 0 Å². The van der Waals surface area contributed by atoms with Gasteiger partial charge in [-0.2, -0.15) is 0 Å². The van der Waals surface area contributed by atoms with Gasteiger partial charge in [0.25, 0.3) is 5.69 Å². The zero-order chi connectivity index (χ0) is 15.9. The summed E-state index contributed by atoms with van der Waals surface area (Å²) in [7, 11) is 1.88. The predicted octanol–water partition coefficient (Wildman–Crippen LogP) is 1.27. The lowest BCUT2D eigenvalue weighted by Crippen LogP contribution is -2.47. The van der Waals surface area contributed by atoms with Crippen molar-refractivity contribution in [3.05, 3.63) is 39.9 Å². The van der Waals surface area contributed by atoms with Crippen molar-refractivity contribution in [1.29, 1.82) is 0 Å². The van der Waals surface area contributed by atoms with Crippen molar-refractivity contribution in [3.63, 3.8) is 0 Å². The third-order valence-corrected chi connectivity index (χ3v) is 3.81. The Bertz CT molecular complexity index is 535. The third-order valence-electron chi connectivity index (χ3n) is 3.81. The highest BCUT2D eigenvalue weighted by Gasteiger charge is 2.18. The van der Waals surface area contributed by atoms with E-state index in [9.17, 15) is 14.9 Å². The molecule has 0 spiro atoms. The summed E-state index contributed by atoms with van der Waals surface area (Å²) in [5, 5.41) is 14.2. The minimum absolute atomic E-state index is 0. The molecule has 1 aliphatic heterocycles. The van der Waals surface area contributed by atoms with E-state index >= 15 is 0 Å². The second-order valence-corrected chi connectivity index (χ2v) is 5.50. The fourth-order valence-electron chi connectivity index (χ4n) is 2.55. The van der Waals surface area contributed by atoms with Crippen LogP contribution in [-0.4, -0.2) is 60.4 Å². The fraction of sp³-hybridized carbons (Fsp3) is 0.533. The van der Waals surface area contributed by atoms with E-state index in [1.54, 1.807) is 18.2 Å². The molecule has 0 atom stereocenters. The van der Waals surface area contributed by atoms with Crippen molar-refractivity contribution >= 4 is 24.0 Å². The number of nitro groups is 1. The Kier molecular flexibility index (Phi) is 7.94. The van der Waals surface area contributed by atoms with Crippen molar-refractivity contribution in [2.24, 2.45) is 0 Å². The maximum absolute atomic E-state index is 12.1. The zero-order valence-electron chi connectivity index (χ0n) is 13.2. The first-order chi connectivity index (χ1) is 10.6. The lowest BCUT2D eigenvalue weighted by atomic mass is 10.1. The first-order valence-corrected chi connectivity index (χ1v) is 7.47. The van der Waals surface area contributed by atoms with E-state index in [1.807, 2.05) is 16.8 Å². The van der Waals surface area contributed by atoms with Crippen LogP contribution in [0.25, 0.3) is 0 Å². The predicted molar refractivity (Wildman–Crippen MR) is 90.7 cm³/mol. The highest BCUT2D eigenvalue weighted by molar-refractivity contribution is 5.85. The molecule has 23 heavy (non-hydrogen) atoms. The molecule has 128 valence electrons. The molecule has 1 amide bonds. The van der Waals surface area contributed by atoms with Gasteiger partial charge in [-0.25, -0.2) is 0 Å². The van der Waals surface area contributed by atoms with Crippen molar-refractivity contribution in [2.75, 3.05) is 39.8 Å². The standard InChI is InChI=1S/C15H22N4O3.ClH/c1-17(9-6-15(20)18-10-7-16-8-11-18)12-13-4-2-3-5-14(13)19(21)22;/h2-5,16H,6-12H2,1H3;1H. The van der Waals surface area contributed by atoms with Gasteiger partial charge in [-0.3, -0.25) is 14.9 Å². The highest BCUT2D eigenvalue weighted by atomic mass is 35.5. The maximum atomic E-state index is 12.1. The second-order valence-electron chi connectivity index (χ2n) is 5.50. The molecule has 1 aliphatic rings. The Morgan fingerprint density at radius 1 is 1.35 bits per heavy atom. The van der Waals surface area contributed by atoms with Gasteiger partial charge in [0.2, 0.25) is 5.91 Å². The minimum atomic E-state index is -0.366. The summed E-state index contributed by atoms with van der Waals surface area (Å²) in [4.78, 5) is 26.5. The Morgan fingerprint density at radius 3 is 2.65 bits per heavy atom. The van der Waals surface area contributed by atoms with E-state index in [0.717, 1.165) is 26.2 Å². The molecule has 0 bridgehead atoms. The van der Waals surface area contributed by atoms with Crippen molar-refractivity contribution < 1.29 is 9.72 Å². The molecule has 1 heterocycles. The molecule has 1 aromatic carbocycles. The lowest BCUT2D eigenvalue weighted by Gasteiger charge is -2.28. The van der Waals surface area contributed by atoms with Crippen LogP contribution in [-0.2, 0) is 11.3 Å². The molecule has 0 unspecified atom stereocenters. The molecule has 0 aromatic heterocycles. The van der Waals surface area contributed by atoms with Crippen molar-refractivity contribution in [3.8, 4) is 0 Å². The molecule has 1 fully saturated rings. The van der Waals surface area contributed by atoms with Gasteiger partial charge in [-0.1, -0.05) is 18.2 Å². The van der Waals surface area contributed by atoms with Gasteiger partial charge in [0.15, 0.2) is 0 Å². The molecule has 0 aliphatic carbocycles. The SMILES string of the molecule is CN(CCC(=O)N1CCNCC1)Cc1ccccc1[N+](=O)[O-].Cl. The number of carbonyl (C=O) groups excluding carboxylic acids is 1. The van der Waals surface area contributed by atoms with Crippen LogP contribution in [0.3, 0.4) is 0 Å². The quantitative estimate of drug-likeness (QED) is 0.622. The molecule has 7 nitrogen and oxygen atoms in total. The summed E-state index contributed by atoms with van der Waals surface area (Å²) in [5.74, 6) is 0.149. The lowest BCUT2D eigenvalue weighted by molar-refractivity contribution is -0.385. The van der Waals surface area contributed by atoms with Crippen LogP contribution < -0.4 is 5.32 Å². The van der Waals surface area contributed by atoms with Gasteiger partial charge in [0.1, 0.15) is 0 Å². The zero-order valence-corrected chi connectivity index (χ0v) is 14.1. The number of nitrogens with zero attached hydrogens (tertiary/aromatic N) is 3. The number of hydrogen-bond donors (Lipinski definition) is 1. The summed E-state index contributed by atoms with van der Waals surface area (Å²) >= 11 is 0. The summed E-state index contributed by atoms with van der Waals surface area (Å²) in [5.41, 5.74) is 0.799. The summed E-state index contributed by atoms with van der Waals surface area (Å²) in [6, 6.07) is 6.72. The van der Waals surface area contributed by atoms with E-state index in [0.29, 0.717) is 25.1 Å². The molecule has 0 radical (unpaired) electrons. The van der Waals surface area contributed by atoms with E-state index in [-0.39, 0.29) is 28.9 Å². The number of nitro benzene ring substituents is 1. The smallest absolute Gasteiger partial charge is 0.273 e. The number of benzene rings is 1. The van der Waals surface area contributed by atoms with Gasteiger partial charge in [0.05, 0.1) is 4.92 Å². The van der Waals surface area contributed by atoms with E-state index in [4.69, 9.17) is 0 Å². The molecule has 8 heteroatoms. The number of hydrogen-bond acceptors (Lipinski definition) is 5. The molecule has 1 aromatic rings. The van der Waals surface area contributed by atoms with Crippen LogP contribution >= 0.6 is 12.4 Å². The number of carbonyl (C=O) groups is 1. The van der Waals surface area contributed by atoms with Gasteiger partial charge in [-0.15, -0.1) is 12.4 Å². The average Bonchev–Trinajstić information content (AvgIpc) is 2.53. The van der Waals surface area contributed by atoms with Crippen molar-refractivity contribution in [2.45, 2.75) is 13.0 Å². The van der Waals surface area contributed by atoms with Crippen LogP contribution in [0.15, 0.2) is 24.3 Å². The number of amides is 1. The molecule has 1 saturated heterocycles. The number of halogens is 1. The monoisotopic (exact) mass is 342 g/mol. The maximum Gasteiger partial charge on any atom is 0.273 e. The van der Waals surface area contributed by atoms with Crippen LogP contribution in [0.4, 0.5) is 5.69 Å². The highest BCUT2D eigenvalue weighted by Crippen LogP contribution is 2.19. The van der Waals surface area contributed by atoms with Gasteiger partial charge in [-0.05, 0) is 7.05 Å². The largest absolute Gasteiger partial charge is 0.340 e. The Balaban J connectivity index is 0.00000264. The number of para-hydroxylation sites is 1. The van der Waals surface area contributed by atoms with Gasteiger partial charge < -0.3 is 15.1 Å². The van der Waals surface area contributed by atoms with E-state index in [1.165, 1.54) is 6.07 Å². The second kappa shape index (κ2) is 9.44. The van der Waals surface area contributed by atoms with E-state index < -0.39 is 0 Å². The number of piperazine rings is 1. The van der Waals surface area contributed by atoms with Crippen LogP contribution in [0.5, 0.6) is 0 Å². The third kappa shape index (κ3) is 5.78. The fourth-order valence-corrected chi connectivity index (χ4v) is 2.55. The van der Waals surface area contributed by atoms with Crippen LogP contribution in [0.1, 0.15) is 12.0 Å². The number of rotatable bonds is 6. The van der Waals surface area contributed by atoms with E-state index in [2.05, 4.69) is 5.32 Å². The summed E-state index contributed by atoms with van der Waals surface area (Å²) < 4.78 is 0. The average molecular weight is 343 g/mol. The Labute approximate surface area is 142 Å².